The zero-order valence-electron chi connectivity index (χ0n) is 16.4. The van der Waals surface area contributed by atoms with Gasteiger partial charge in [0.25, 0.3) is 0 Å². The van der Waals surface area contributed by atoms with E-state index < -0.39 is 0 Å². The van der Waals surface area contributed by atoms with E-state index in [0.717, 1.165) is 45.0 Å². The summed E-state index contributed by atoms with van der Waals surface area (Å²) in [6, 6.07) is 16.8. The number of aromatic nitrogens is 4. The summed E-state index contributed by atoms with van der Waals surface area (Å²) in [5.74, 6) is 2.43. The van der Waals surface area contributed by atoms with Gasteiger partial charge in [-0.1, -0.05) is 58.4 Å². The first-order valence-electron chi connectivity index (χ1n) is 9.17. The molecule has 0 radical (unpaired) electrons. The number of benzene rings is 2. The first-order valence-corrected chi connectivity index (χ1v) is 10.2. The van der Waals surface area contributed by atoms with Crippen molar-refractivity contribution >= 4 is 11.8 Å². The van der Waals surface area contributed by atoms with Gasteiger partial charge in [0.2, 0.25) is 0 Å². The van der Waals surface area contributed by atoms with E-state index in [0.29, 0.717) is 0 Å². The number of nitrogens with zero attached hydrogens (tertiary/aromatic N) is 4. The van der Waals surface area contributed by atoms with E-state index in [1.54, 1.807) is 11.8 Å². The summed E-state index contributed by atoms with van der Waals surface area (Å²) < 4.78 is 7.42. The molecule has 0 aliphatic carbocycles. The molecule has 2 heterocycles. The average Bonchev–Trinajstić information content (AvgIpc) is 3.24. The van der Waals surface area contributed by atoms with Gasteiger partial charge in [0.1, 0.15) is 5.76 Å². The summed E-state index contributed by atoms with van der Waals surface area (Å²) in [6.45, 7) is 8.09. The molecule has 0 bridgehead atoms. The Bertz CT molecular complexity index is 1090. The molecule has 2 aromatic heterocycles. The van der Waals surface area contributed by atoms with Gasteiger partial charge < -0.3 is 4.52 Å². The van der Waals surface area contributed by atoms with Gasteiger partial charge in [-0.2, -0.15) is 0 Å². The van der Waals surface area contributed by atoms with Crippen molar-refractivity contribution in [2.75, 3.05) is 0 Å². The summed E-state index contributed by atoms with van der Waals surface area (Å²) in [5.41, 5.74) is 6.55. The quantitative estimate of drug-likeness (QED) is 0.424. The summed E-state index contributed by atoms with van der Waals surface area (Å²) in [7, 11) is 0. The van der Waals surface area contributed by atoms with Crippen LogP contribution >= 0.6 is 11.8 Å². The van der Waals surface area contributed by atoms with E-state index in [1.807, 2.05) is 13.8 Å². The fraction of sp³-hybridized carbons (Fsp3) is 0.227. The lowest BCUT2D eigenvalue weighted by molar-refractivity contribution is 0.392. The number of hydrogen-bond acceptors (Lipinski definition) is 5. The van der Waals surface area contributed by atoms with Crippen molar-refractivity contribution in [3.8, 4) is 17.1 Å². The minimum Gasteiger partial charge on any atom is -0.361 e. The Balaban J connectivity index is 1.77. The second kappa shape index (κ2) is 7.64. The third-order valence-corrected chi connectivity index (χ3v) is 5.68. The van der Waals surface area contributed by atoms with Crippen LogP contribution in [0.4, 0.5) is 0 Å². The van der Waals surface area contributed by atoms with Crippen molar-refractivity contribution in [3.05, 3.63) is 76.7 Å². The van der Waals surface area contributed by atoms with Gasteiger partial charge in [0.15, 0.2) is 11.0 Å². The molecule has 0 aliphatic rings. The van der Waals surface area contributed by atoms with E-state index in [1.165, 1.54) is 11.1 Å². The van der Waals surface area contributed by atoms with Gasteiger partial charge in [-0.25, -0.2) is 0 Å². The average molecular weight is 391 g/mol. The molecule has 0 amide bonds. The molecule has 0 spiro atoms. The molecule has 142 valence electrons. The summed E-state index contributed by atoms with van der Waals surface area (Å²) in [6.07, 6.45) is 0. The van der Waals surface area contributed by atoms with Crippen LogP contribution in [0.5, 0.6) is 0 Å². The topological polar surface area (TPSA) is 56.7 Å². The first kappa shape index (κ1) is 18.5. The van der Waals surface area contributed by atoms with Gasteiger partial charge in [-0.05, 0) is 45.9 Å². The molecule has 5 nitrogen and oxygen atoms in total. The van der Waals surface area contributed by atoms with Crippen LogP contribution in [0, 0.1) is 27.7 Å². The Morgan fingerprint density at radius 2 is 1.71 bits per heavy atom. The second-order valence-corrected chi connectivity index (χ2v) is 7.88. The van der Waals surface area contributed by atoms with Crippen molar-refractivity contribution in [1.29, 1.82) is 0 Å². The lowest BCUT2D eigenvalue weighted by atomic mass is 10.1. The van der Waals surface area contributed by atoms with Crippen molar-refractivity contribution < 1.29 is 4.52 Å². The van der Waals surface area contributed by atoms with Gasteiger partial charge >= 0.3 is 0 Å². The molecule has 0 saturated heterocycles. The molecular weight excluding hydrogens is 368 g/mol. The van der Waals surface area contributed by atoms with Gasteiger partial charge in [-0.3, -0.25) is 4.57 Å². The molecule has 0 N–H and O–H groups in total. The Morgan fingerprint density at radius 1 is 0.929 bits per heavy atom. The van der Waals surface area contributed by atoms with Crippen LogP contribution < -0.4 is 0 Å². The lowest BCUT2D eigenvalue weighted by Crippen LogP contribution is -2.00. The highest BCUT2D eigenvalue weighted by atomic mass is 32.2. The molecular formula is C22H22N4OS. The third-order valence-electron chi connectivity index (χ3n) is 4.73. The predicted molar refractivity (Wildman–Crippen MR) is 112 cm³/mol. The summed E-state index contributed by atoms with van der Waals surface area (Å²) >= 11 is 1.64. The molecule has 0 unspecified atom stereocenters. The normalized spacial score (nSPS) is 11.1. The van der Waals surface area contributed by atoms with Gasteiger partial charge in [-0.15, -0.1) is 10.2 Å². The van der Waals surface area contributed by atoms with Gasteiger partial charge in [0, 0.05) is 22.6 Å². The highest BCUT2D eigenvalue weighted by Gasteiger charge is 2.18. The maximum absolute atomic E-state index is 5.29. The fourth-order valence-corrected chi connectivity index (χ4v) is 4.21. The van der Waals surface area contributed by atoms with Crippen LogP contribution in [0.15, 0.2) is 58.2 Å². The van der Waals surface area contributed by atoms with E-state index in [-0.39, 0.29) is 0 Å². The minimum absolute atomic E-state index is 0.735. The maximum Gasteiger partial charge on any atom is 0.196 e. The smallest absolute Gasteiger partial charge is 0.196 e. The van der Waals surface area contributed by atoms with Crippen LogP contribution in [-0.4, -0.2) is 19.9 Å². The molecule has 6 heteroatoms. The van der Waals surface area contributed by atoms with Crippen LogP contribution in [0.2, 0.25) is 0 Å². The number of hydrogen-bond donors (Lipinski definition) is 0. The van der Waals surface area contributed by atoms with Crippen molar-refractivity contribution in [3.63, 3.8) is 0 Å². The lowest BCUT2D eigenvalue weighted by Gasteiger charge is -2.11. The molecule has 0 saturated carbocycles. The van der Waals surface area contributed by atoms with Crippen LogP contribution in [-0.2, 0) is 5.75 Å². The number of rotatable bonds is 5. The molecule has 0 aliphatic heterocycles. The van der Waals surface area contributed by atoms with Crippen LogP contribution in [0.25, 0.3) is 17.1 Å². The zero-order chi connectivity index (χ0) is 19.7. The van der Waals surface area contributed by atoms with Crippen molar-refractivity contribution in [2.24, 2.45) is 0 Å². The predicted octanol–water partition coefficient (Wildman–Crippen LogP) is 5.45. The number of aryl methyl sites for hydroxylation is 4. The monoisotopic (exact) mass is 390 g/mol. The van der Waals surface area contributed by atoms with Crippen LogP contribution in [0.1, 0.15) is 28.1 Å². The SMILES string of the molecule is Cc1ccc(-n2c(SCc3c(C)noc3C)nnc2-c2cccc(C)c2)cc1. The summed E-state index contributed by atoms with van der Waals surface area (Å²) in [4.78, 5) is 0. The summed E-state index contributed by atoms with van der Waals surface area (Å²) in [5, 5.41) is 13.9. The highest BCUT2D eigenvalue weighted by Crippen LogP contribution is 2.31. The second-order valence-electron chi connectivity index (χ2n) is 6.94. The van der Waals surface area contributed by atoms with Gasteiger partial charge in [0.05, 0.1) is 5.69 Å². The zero-order valence-corrected chi connectivity index (χ0v) is 17.2. The molecule has 2 aromatic carbocycles. The van der Waals surface area contributed by atoms with Crippen LogP contribution in [0.3, 0.4) is 0 Å². The Kier molecular flexibility index (Phi) is 5.05. The molecule has 4 aromatic rings. The Hall–Kier alpha value is -2.86. The van der Waals surface area contributed by atoms with E-state index in [9.17, 15) is 0 Å². The van der Waals surface area contributed by atoms with E-state index in [2.05, 4.69) is 82.3 Å². The third kappa shape index (κ3) is 3.60. The van der Waals surface area contributed by atoms with E-state index in [4.69, 9.17) is 4.52 Å². The standard InChI is InChI=1S/C22H22N4OS/c1-14-8-10-19(11-9-14)26-21(18-7-5-6-15(2)12-18)23-24-22(26)28-13-20-16(3)25-27-17(20)4/h5-12H,13H2,1-4H3. The first-order chi connectivity index (χ1) is 13.5. The van der Waals surface area contributed by atoms with E-state index >= 15 is 0 Å². The van der Waals surface area contributed by atoms with Crippen molar-refractivity contribution in [2.45, 2.75) is 38.6 Å². The fourth-order valence-electron chi connectivity index (χ4n) is 3.11. The minimum atomic E-state index is 0.735. The molecule has 4 rings (SSSR count). The molecule has 0 fully saturated rings. The number of thioether (sulfide) groups is 1. The Labute approximate surface area is 168 Å². The Morgan fingerprint density at radius 3 is 2.39 bits per heavy atom. The highest BCUT2D eigenvalue weighted by molar-refractivity contribution is 7.98. The van der Waals surface area contributed by atoms with Crippen molar-refractivity contribution in [1.82, 2.24) is 19.9 Å². The maximum atomic E-state index is 5.29. The molecule has 28 heavy (non-hydrogen) atoms. The largest absolute Gasteiger partial charge is 0.361 e. The molecule has 0 atom stereocenters.